The highest BCUT2D eigenvalue weighted by Gasteiger charge is 2.20. The quantitative estimate of drug-likeness (QED) is 0.583. The fourth-order valence-corrected chi connectivity index (χ4v) is 1.68. The van der Waals surface area contributed by atoms with Crippen molar-refractivity contribution in [3.05, 3.63) is 35.3 Å². The number of allylic oxidation sites excluding steroid dienone is 1. The van der Waals surface area contributed by atoms with Crippen molar-refractivity contribution in [2.75, 3.05) is 6.61 Å². The van der Waals surface area contributed by atoms with Gasteiger partial charge in [-0.3, -0.25) is 0 Å². The van der Waals surface area contributed by atoms with Crippen molar-refractivity contribution in [1.29, 1.82) is 0 Å². The second-order valence-electron chi connectivity index (χ2n) is 4.53. The van der Waals surface area contributed by atoms with Crippen LogP contribution < -0.4 is 5.32 Å². The van der Waals surface area contributed by atoms with Crippen LogP contribution in [0.3, 0.4) is 0 Å². The van der Waals surface area contributed by atoms with Crippen LogP contribution in [0, 0.1) is 6.92 Å². The molecule has 0 atom stereocenters. The van der Waals surface area contributed by atoms with Gasteiger partial charge in [0.05, 0.1) is 19.8 Å². The van der Waals surface area contributed by atoms with E-state index in [0.29, 0.717) is 13.2 Å². The molecular formula is C14H21NO2. The molecule has 0 amide bonds. The first-order valence-electron chi connectivity index (χ1n) is 6.30. The molecule has 17 heavy (non-hydrogen) atoms. The zero-order valence-electron chi connectivity index (χ0n) is 10.7. The van der Waals surface area contributed by atoms with Crippen LogP contribution in [0.1, 0.15) is 36.8 Å². The van der Waals surface area contributed by atoms with Gasteiger partial charge < -0.3 is 14.5 Å². The first-order valence-corrected chi connectivity index (χ1v) is 6.30. The number of furan rings is 1. The molecule has 94 valence electrons. The van der Waals surface area contributed by atoms with Crippen molar-refractivity contribution >= 4 is 0 Å². The first-order chi connectivity index (χ1) is 8.29. The van der Waals surface area contributed by atoms with Gasteiger partial charge in [-0.2, -0.15) is 0 Å². The van der Waals surface area contributed by atoms with Gasteiger partial charge in [0.2, 0.25) is 0 Å². The van der Waals surface area contributed by atoms with Crippen molar-refractivity contribution < 1.29 is 9.15 Å². The SMILES string of the molecule is CC=CCOCc1cc(CNC2CC2)oc1C. The molecule has 3 heteroatoms. The molecule has 2 rings (SSSR count). The molecule has 0 bridgehead atoms. The van der Waals surface area contributed by atoms with Crippen LogP contribution in [0.2, 0.25) is 0 Å². The van der Waals surface area contributed by atoms with Gasteiger partial charge in [0.15, 0.2) is 0 Å². The molecule has 1 saturated carbocycles. The molecule has 1 N–H and O–H groups in total. The monoisotopic (exact) mass is 235 g/mol. The van der Waals surface area contributed by atoms with Gasteiger partial charge in [0.25, 0.3) is 0 Å². The maximum atomic E-state index is 5.69. The summed E-state index contributed by atoms with van der Waals surface area (Å²) in [6.45, 7) is 6.11. The molecular weight excluding hydrogens is 214 g/mol. The Labute approximate surface area is 103 Å². The zero-order chi connectivity index (χ0) is 12.1. The Morgan fingerprint density at radius 1 is 1.53 bits per heavy atom. The molecule has 3 nitrogen and oxygen atoms in total. The number of ether oxygens (including phenoxy) is 1. The standard InChI is InChI=1S/C14H21NO2/c1-3-4-7-16-10-12-8-14(17-11(12)2)9-15-13-5-6-13/h3-4,8,13,15H,5-7,9-10H2,1-2H3. The van der Waals surface area contributed by atoms with Gasteiger partial charge in [-0.15, -0.1) is 0 Å². The second-order valence-corrected chi connectivity index (χ2v) is 4.53. The summed E-state index contributed by atoms with van der Waals surface area (Å²) in [6.07, 6.45) is 6.61. The first kappa shape index (κ1) is 12.4. The summed E-state index contributed by atoms with van der Waals surface area (Å²) in [5.74, 6) is 1.98. The van der Waals surface area contributed by atoms with E-state index in [4.69, 9.17) is 9.15 Å². The van der Waals surface area contributed by atoms with E-state index in [-0.39, 0.29) is 0 Å². The fourth-order valence-electron chi connectivity index (χ4n) is 1.68. The van der Waals surface area contributed by atoms with Crippen molar-refractivity contribution in [3.63, 3.8) is 0 Å². The lowest BCUT2D eigenvalue weighted by atomic mass is 10.2. The van der Waals surface area contributed by atoms with E-state index in [1.165, 1.54) is 12.8 Å². The Balaban J connectivity index is 1.79. The van der Waals surface area contributed by atoms with Crippen molar-refractivity contribution in [3.8, 4) is 0 Å². The topological polar surface area (TPSA) is 34.4 Å². The third-order valence-electron chi connectivity index (χ3n) is 2.92. The van der Waals surface area contributed by atoms with Gasteiger partial charge in [0, 0.05) is 11.6 Å². The molecule has 0 radical (unpaired) electrons. The van der Waals surface area contributed by atoms with Crippen molar-refractivity contribution in [2.45, 2.75) is 45.9 Å². The van der Waals surface area contributed by atoms with Crippen LogP contribution in [-0.4, -0.2) is 12.6 Å². The molecule has 1 aliphatic rings. The fraction of sp³-hybridized carbons (Fsp3) is 0.571. The molecule has 1 aliphatic carbocycles. The largest absolute Gasteiger partial charge is 0.465 e. The summed E-state index contributed by atoms with van der Waals surface area (Å²) in [6, 6.07) is 2.81. The van der Waals surface area contributed by atoms with E-state index in [9.17, 15) is 0 Å². The third kappa shape index (κ3) is 4.02. The molecule has 1 aromatic heterocycles. The number of hydrogen-bond donors (Lipinski definition) is 1. The number of aryl methyl sites for hydroxylation is 1. The minimum atomic E-state index is 0.628. The van der Waals surface area contributed by atoms with E-state index in [1.54, 1.807) is 0 Å². The lowest BCUT2D eigenvalue weighted by molar-refractivity contribution is 0.147. The van der Waals surface area contributed by atoms with Crippen LogP contribution in [0.4, 0.5) is 0 Å². The molecule has 1 heterocycles. The predicted octanol–water partition coefficient (Wildman–Crippen LogP) is 2.93. The Morgan fingerprint density at radius 3 is 3.06 bits per heavy atom. The summed E-state index contributed by atoms with van der Waals surface area (Å²) < 4.78 is 11.2. The number of rotatable bonds is 7. The van der Waals surface area contributed by atoms with Crippen LogP contribution >= 0.6 is 0 Å². The Kier molecular flexibility index (Phi) is 4.40. The van der Waals surface area contributed by atoms with E-state index in [2.05, 4.69) is 11.4 Å². The predicted molar refractivity (Wildman–Crippen MR) is 67.8 cm³/mol. The highest BCUT2D eigenvalue weighted by atomic mass is 16.5. The summed E-state index contributed by atoms with van der Waals surface area (Å²) in [5.41, 5.74) is 1.15. The summed E-state index contributed by atoms with van der Waals surface area (Å²) >= 11 is 0. The average Bonchev–Trinajstić information content (AvgIpc) is 3.08. The van der Waals surface area contributed by atoms with Crippen LogP contribution in [0.15, 0.2) is 22.6 Å². The molecule has 0 aliphatic heterocycles. The van der Waals surface area contributed by atoms with Gasteiger partial charge in [-0.25, -0.2) is 0 Å². The van der Waals surface area contributed by atoms with Gasteiger partial charge in [-0.05, 0) is 32.8 Å². The number of hydrogen-bond acceptors (Lipinski definition) is 3. The van der Waals surface area contributed by atoms with E-state index < -0.39 is 0 Å². The van der Waals surface area contributed by atoms with E-state index in [0.717, 1.165) is 29.7 Å². The summed E-state index contributed by atoms with van der Waals surface area (Å²) in [4.78, 5) is 0. The van der Waals surface area contributed by atoms with E-state index in [1.807, 2.05) is 26.0 Å². The minimum Gasteiger partial charge on any atom is -0.465 e. The Morgan fingerprint density at radius 2 is 2.35 bits per heavy atom. The van der Waals surface area contributed by atoms with Crippen molar-refractivity contribution in [1.82, 2.24) is 5.32 Å². The van der Waals surface area contributed by atoms with Gasteiger partial charge in [0.1, 0.15) is 11.5 Å². The maximum Gasteiger partial charge on any atom is 0.118 e. The third-order valence-corrected chi connectivity index (χ3v) is 2.92. The maximum absolute atomic E-state index is 5.69. The molecule has 1 fully saturated rings. The van der Waals surface area contributed by atoms with Crippen LogP contribution in [0.5, 0.6) is 0 Å². The second kappa shape index (κ2) is 6.03. The molecule has 0 aromatic carbocycles. The average molecular weight is 235 g/mol. The zero-order valence-corrected chi connectivity index (χ0v) is 10.7. The summed E-state index contributed by atoms with van der Waals surface area (Å²) in [5, 5.41) is 3.44. The van der Waals surface area contributed by atoms with E-state index >= 15 is 0 Å². The number of nitrogens with one attached hydrogen (secondary N) is 1. The summed E-state index contributed by atoms with van der Waals surface area (Å²) in [7, 11) is 0. The minimum absolute atomic E-state index is 0.628. The molecule has 1 aromatic rings. The Bertz CT molecular complexity index is 378. The Hall–Kier alpha value is -1.06. The van der Waals surface area contributed by atoms with Crippen LogP contribution in [0.25, 0.3) is 0 Å². The molecule has 0 saturated heterocycles. The van der Waals surface area contributed by atoms with Crippen LogP contribution in [-0.2, 0) is 17.9 Å². The molecule has 0 spiro atoms. The lowest BCUT2D eigenvalue weighted by Gasteiger charge is -1.98. The highest BCUT2D eigenvalue weighted by Crippen LogP contribution is 2.21. The lowest BCUT2D eigenvalue weighted by Crippen LogP contribution is -2.14. The van der Waals surface area contributed by atoms with Gasteiger partial charge >= 0.3 is 0 Å². The molecule has 0 unspecified atom stereocenters. The highest BCUT2D eigenvalue weighted by molar-refractivity contribution is 5.20. The van der Waals surface area contributed by atoms with Crippen molar-refractivity contribution in [2.24, 2.45) is 0 Å². The normalized spacial score (nSPS) is 15.9. The van der Waals surface area contributed by atoms with Gasteiger partial charge in [-0.1, -0.05) is 12.2 Å². The smallest absolute Gasteiger partial charge is 0.118 e.